The summed E-state index contributed by atoms with van der Waals surface area (Å²) in [5.41, 5.74) is 9.07. The summed E-state index contributed by atoms with van der Waals surface area (Å²) in [5.74, 6) is 0. The highest BCUT2D eigenvalue weighted by Crippen LogP contribution is 2.15. The van der Waals surface area contributed by atoms with Crippen LogP contribution in [0.15, 0.2) is 59.6 Å². The Labute approximate surface area is 138 Å². The highest BCUT2D eigenvalue weighted by molar-refractivity contribution is 5.72. The van der Waals surface area contributed by atoms with Crippen molar-refractivity contribution < 1.29 is 4.74 Å². The van der Waals surface area contributed by atoms with Crippen LogP contribution in [0, 0.1) is 0 Å². The molecule has 0 radical (unpaired) electrons. The Morgan fingerprint density at radius 3 is 2.17 bits per heavy atom. The van der Waals surface area contributed by atoms with E-state index in [4.69, 9.17) is 5.73 Å². The highest BCUT2D eigenvalue weighted by atomic mass is 16.5. The van der Waals surface area contributed by atoms with Crippen molar-refractivity contribution >= 4 is 11.7 Å². The molecule has 4 nitrogen and oxygen atoms in total. The second-order valence-electron chi connectivity index (χ2n) is 5.41. The summed E-state index contributed by atoms with van der Waals surface area (Å²) in [6.07, 6.45) is 1.01. The molecule has 1 aliphatic heterocycles. The summed E-state index contributed by atoms with van der Waals surface area (Å²) in [7, 11) is 2.12. The fraction of sp³-hybridized carbons (Fsp3) is 0.316. The minimum absolute atomic E-state index is 0.329. The number of ether oxygens (including phenoxy) is 1. The summed E-state index contributed by atoms with van der Waals surface area (Å²) < 4.78 is 4.68. The van der Waals surface area contributed by atoms with Gasteiger partial charge in [0.25, 0.3) is 6.02 Å². The van der Waals surface area contributed by atoms with E-state index in [9.17, 15) is 0 Å². The van der Waals surface area contributed by atoms with Gasteiger partial charge >= 0.3 is 0 Å². The lowest BCUT2D eigenvalue weighted by atomic mass is 10.0. The van der Waals surface area contributed by atoms with Crippen molar-refractivity contribution in [1.82, 2.24) is 0 Å². The van der Waals surface area contributed by atoms with Crippen LogP contribution >= 0.6 is 0 Å². The van der Waals surface area contributed by atoms with Gasteiger partial charge in [0.2, 0.25) is 0 Å². The molecule has 0 bridgehead atoms. The second kappa shape index (κ2) is 8.83. The first-order valence-corrected chi connectivity index (χ1v) is 7.95. The van der Waals surface area contributed by atoms with Crippen molar-refractivity contribution in [2.24, 2.45) is 10.7 Å². The SMILES string of the molecule is CCN(C)c1ccc(Cc2ccccc2)cc1.NC1=NCCO1. The molecule has 122 valence electrons. The average molecular weight is 311 g/mol. The first-order chi connectivity index (χ1) is 11.2. The van der Waals surface area contributed by atoms with Crippen LogP contribution in [0.3, 0.4) is 0 Å². The average Bonchev–Trinajstić information content (AvgIpc) is 3.07. The first-order valence-electron chi connectivity index (χ1n) is 7.95. The molecular weight excluding hydrogens is 286 g/mol. The molecule has 3 rings (SSSR count). The molecule has 1 aliphatic rings. The van der Waals surface area contributed by atoms with Gasteiger partial charge in [0.1, 0.15) is 6.61 Å². The van der Waals surface area contributed by atoms with Crippen LogP contribution in [0.1, 0.15) is 18.1 Å². The Balaban J connectivity index is 0.000000268. The smallest absolute Gasteiger partial charge is 0.282 e. The van der Waals surface area contributed by atoms with Crippen LogP contribution in [-0.2, 0) is 11.2 Å². The van der Waals surface area contributed by atoms with Crippen LogP contribution in [0.5, 0.6) is 0 Å². The van der Waals surface area contributed by atoms with Gasteiger partial charge in [-0.15, -0.1) is 0 Å². The summed E-state index contributed by atoms with van der Waals surface area (Å²) in [6, 6.07) is 19.7. The summed E-state index contributed by atoms with van der Waals surface area (Å²) >= 11 is 0. The number of amidine groups is 1. The van der Waals surface area contributed by atoms with Gasteiger partial charge in [-0.2, -0.15) is 0 Å². The van der Waals surface area contributed by atoms with E-state index >= 15 is 0 Å². The Bertz CT molecular complexity index is 608. The van der Waals surface area contributed by atoms with E-state index in [-0.39, 0.29) is 0 Å². The molecule has 0 atom stereocenters. The number of nitrogens with two attached hydrogens (primary N) is 1. The minimum atomic E-state index is 0.329. The highest BCUT2D eigenvalue weighted by Gasteiger charge is 1.99. The quantitative estimate of drug-likeness (QED) is 0.944. The van der Waals surface area contributed by atoms with Crippen LogP contribution < -0.4 is 10.6 Å². The van der Waals surface area contributed by atoms with E-state index < -0.39 is 0 Å². The molecule has 0 saturated heterocycles. The number of rotatable bonds is 4. The van der Waals surface area contributed by atoms with Gasteiger partial charge in [0, 0.05) is 19.3 Å². The molecule has 1 heterocycles. The van der Waals surface area contributed by atoms with Crippen LogP contribution in [0.4, 0.5) is 5.69 Å². The Kier molecular flexibility index (Phi) is 6.48. The Morgan fingerprint density at radius 1 is 1.04 bits per heavy atom. The number of hydrogen-bond donors (Lipinski definition) is 1. The van der Waals surface area contributed by atoms with Crippen molar-refractivity contribution in [3.05, 3.63) is 65.7 Å². The van der Waals surface area contributed by atoms with E-state index in [0.29, 0.717) is 12.6 Å². The molecular formula is C19H25N3O. The maximum absolute atomic E-state index is 5.06. The van der Waals surface area contributed by atoms with Crippen molar-refractivity contribution in [2.75, 3.05) is 31.6 Å². The molecule has 0 unspecified atom stereocenters. The number of hydrogen-bond acceptors (Lipinski definition) is 4. The monoisotopic (exact) mass is 311 g/mol. The summed E-state index contributed by atoms with van der Waals surface area (Å²) in [5, 5.41) is 0. The third kappa shape index (κ3) is 5.66. The predicted octanol–water partition coefficient (Wildman–Crippen LogP) is 3.06. The first kappa shape index (κ1) is 16.9. The fourth-order valence-corrected chi connectivity index (χ4v) is 2.23. The van der Waals surface area contributed by atoms with Gasteiger partial charge in [0.15, 0.2) is 0 Å². The van der Waals surface area contributed by atoms with Gasteiger partial charge in [-0.25, -0.2) is 4.99 Å². The Hall–Kier alpha value is -2.49. The normalized spacial score (nSPS) is 12.7. The number of benzene rings is 2. The van der Waals surface area contributed by atoms with Crippen molar-refractivity contribution in [1.29, 1.82) is 0 Å². The van der Waals surface area contributed by atoms with Crippen molar-refractivity contribution in [2.45, 2.75) is 13.3 Å². The zero-order valence-corrected chi connectivity index (χ0v) is 13.9. The van der Waals surface area contributed by atoms with E-state index in [0.717, 1.165) is 19.5 Å². The van der Waals surface area contributed by atoms with E-state index in [1.165, 1.54) is 16.8 Å². The van der Waals surface area contributed by atoms with Crippen molar-refractivity contribution in [3.63, 3.8) is 0 Å². The van der Waals surface area contributed by atoms with E-state index in [1.54, 1.807) is 0 Å². The molecule has 2 aromatic rings. The van der Waals surface area contributed by atoms with Gasteiger partial charge in [-0.1, -0.05) is 42.5 Å². The number of aliphatic imine (C=N–C) groups is 1. The lowest BCUT2D eigenvalue weighted by Gasteiger charge is -2.16. The molecule has 0 aliphatic carbocycles. The minimum Gasteiger partial charge on any atom is -0.463 e. The summed E-state index contributed by atoms with van der Waals surface area (Å²) in [6.45, 7) is 4.59. The van der Waals surface area contributed by atoms with E-state index in [2.05, 4.69) is 83.2 Å². The zero-order valence-electron chi connectivity index (χ0n) is 13.9. The molecule has 2 aromatic carbocycles. The van der Waals surface area contributed by atoms with Crippen LogP contribution in [0.2, 0.25) is 0 Å². The molecule has 0 saturated carbocycles. The largest absolute Gasteiger partial charge is 0.463 e. The third-order valence-corrected chi connectivity index (χ3v) is 3.71. The lowest BCUT2D eigenvalue weighted by Crippen LogP contribution is -2.15. The van der Waals surface area contributed by atoms with Crippen LogP contribution in [0.25, 0.3) is 0 Å². The molecule has 0 amide bonds. The summed E-state index contributed by atoms with van der Waals surface area (Å²) in [4.78, 5) is 5.95. The van der Waals surface area contributed by atoms with Gasteiger partial charge in [-0.05, 0) is 36.6 Å². The predicted molar refractivity (Wildman–Crippen MR) is 97.1 cm³/mol. The number of nitrogens with zero attached hydrogens (tertiary/aromatic N) is 2. The molecule has 0 spiro atoms. The number of anilines is 1. The zero-order chi connectivity index (χ0) is 16.5. The molecule has 23 heavy (non-hydrogen) atoms. The third-order valence-electron chi connectivity index (χ3n) is 3.71. The maximum Gasteiger partial charge on any atom is 0.282 e. The Morgan fingerprint density at radius 2 is 1.70 bits per heavy atom. The molecule has 0 fully saturated rings. The van der Waals surface area contributed by atoms with Crippen LogP contribution in [-0.4, -0.2) is 32.8 Å². The maximum atomic E-state index is 5.06. The fourth-order valence-electron chi connectivity index (χ4n) is 2.23. The molecule has 2 N–H and O–H groups in total. The van der Waals surface area contributed by atoms with Gasteiger partial charge in [-0.3, -0.25) is 0 Å². The molecule has 4 heteroatoms. The molecule has 0 aromatic heterocycles. The topological polar surface area (TPSA) is 50.8 Å². The van der Waals surface area contributed by atoms with E-state index in [1.807, 2.05) is 0 Å². The van der Waals surface area contributed by atoms with Gasteiger partial charge < -0.3 is 15.4 Å². The lowest BCUT2D eigenvalue weighted by molar-refractivity contribution is 0.342. The standard InChI is InChI=1S/C16H19N.C3H6N2O/c1-3-17(2)16-11-9-15(10-12-16)13-14-7-5-4-6-8-14;4-3-5-1-2-6-3/h4-12H,3,13H2,1-2H3;1-2H2,(H2,4,5). The van der Waals surface area contributed by atoms with Crippen molar-refractivity contribution in [3.8, 4) is 0 Å². The van der Waals surface area contributed by atoms with Gasteiger partial charge in [0.05, 0.1) is 6.54 Å². The second-order valence-corrected chi connectivity index (χ2v) is 5.41.